The maximum atomic E-state index is 13.3. The number of thiocarbonyl (C=S) groups is 1. The van der Waals surface area contributed by atoms with Crippen LogP contribution in [0.1, 0.15) is 16.7 Å². The molecule has 0 amide bonds. The Morgan fingerprint density at radius 1 is 1.17 bits per heavy atom. The molecule has 0 bridgehead atoms. The molecule has 0 aliphatic rings. The lowest BCUT2D eigenvalue weighted by Crippen LogP contribution is -2.28. The Bertz CT molecular complexity index is 762. The molecule has 2 aromatic rings. The van der Waals surface area contributed by atoms with Crippen LogP contribution in [0.15, 0.2) is 36.4 Å². The Hall–Kier alpha value is -1.86. The zero-order chi connectivity index (χ0) is 17.9. The molecule has 0 saturated carbocycles. The van der Waals surface area contributed by atoms with Crippen molar-refractivity contribution < 1.29 is 17.6 Å². The second-order valence-corrected chi connectivity index (χ2v) is 5.96. The highest BCUT2D eigenvalue weighted by Crippen LogP contribution is 2.30. The monoisotopic (exact) mass is 376 g/mol. The molecule has 0 aliphatic carbocycles. The first-order chi connectivity index (χ1) is 11.1. The molecule has 2 rings (SSSR count). The Kier molecular flexibility index (Phi) is 5.66. The van der Waals surface area contributed by atoms with Crippen molar-refractivity contribution in [3.63, 3.8) is 0 Å². The molecular weight excluding hydrogens is 364 g/mol. The topological polar surface area (TPSA) is 24.1 Å². The highest BCUT2D eigenvalue weighted by Gasteiger charge is 2.31. The van der Waals surface area contributed by atoms with Crippen LogP contribution in [0, 0.1) is 12.7 Å². The van der Waals surface area contributed by atoms with Crippen molar-refractivity contribution >= 4 is 34.6 Å². The second kappa shape index (κ2) is 7.36. The number of benzene rings is 2. The summed E-state index contributed by atoms with van der Waals surface area (Å²) in [5.41, 5.74) is 0.676. The summed E-state index contributed by atoms with van der Waals surface area (Å²) in [5, 5.41) is 6.45. The number of anilines is 1. The summed E-state index contributed by atoms with van der Waals surface area (Å²) in [4.78, 5) is 0. The van der Waals surface area contributed by atoms with E-state index in [1.54, 1.807) is 18.2 Å². The van der Waals surface area contributed by atoms with Gasteiger partial charge < -0.3 is 10.6 Å². The van der Waals surface area contributed by atoms with E-state index in [4.69, 9.17) is 23.8 Å². The zero-order valence-corrected chi connectivity index (χ0v) is 14.0. The normalized spacial score (nSPS) is 11.2. The third-order valence-electron chi connectivity index (χ3n) is 3.17. The largest absolute Gasteiger partial charge is 0.416 e. The van der Waals surface area contributed by atoms with Gasteiger partial charge in [-0.25, -0.2) is 4.39 Å². The van der Waals surface area contributed by atoms with Crippen LogP contribution in [-0.4, -0.2) is 5.11 Å². The highest BCUT2D eigenvalue weighted by atomic mass is 35.5. The van der Waals surface area contributed by atoms with Crippen molar-refractivity contribution in [2.75, 3.05) is 5.32 Å². The lowest BCUT2D eigenvalue weighted by atomic mass is 10.1. The summed E-state index contributed by atoms with van der Waals surface area (Å²) >= 11 is 11.0. The molecule has 2 aromatic carbocycles. The molecular formula is C16H13ClF4N2S. The number of rotatable bonds is 3. The highest BCUT2D eigenvalue weighted by molar-refractivity contribution is 7.80. The zero-order valence-electron chi connectivity index (χ0n) is 12.5. The minimum absolute atomic E-state index is 0.0424. The van der Waals surface area contributed by atoms with Crippen molar-refractivity contribution in [3.8, 4) is 0 Å². The lowest BCUT2D eigenvalue weighted by Gasteiger charge is -2.14. The van der Waals surface area contributed by atoms with Crippen LogP contribution in [0.3, 0.4) is 0 Å². The van der Waals surface area contributed by atoms with E-state index in [-0.39, 0.29) is 17.2 Å². The lowest BCUT2D eigenvalue weighted by molar-refractivity contribution is -0.137. The minimum Gasteiger partial charge on any atom is -0.358 e. The molecule has 0 radical (unpaired) electrons. The molecule has 24 heavy (non-hydrogen) atoms. The molecule has 0 fully saturated rings. The van der Waals surface area contributed by atoms with E-state index < -0.39 is 17.6 Å². The van der Waals surface area contributed by atoms with Gasteiger partial charge in [-0.3, -0.25) is 0 Å². The van der Waals surface area contributed by atoms with Crippen molar-refractivity contribution in [1.29, 1.82) is 0 Å². The summed E-state index contributed by atoms with van der Waals surface area (Å²) in [6, 6.07) is 7.52. The summed E-state index contributed by atoms with van der Waals surface area (Å²) in [6.07, 6.45) is -4.60. The number of aryl methyl sites for hydroxylation is 1. The van der Waals surface area contributed by atoms with Gasteiger partial charge in [-0.15, -0.1) is 0 Å². The van der Waals surface area contributed by atoms with Gasteiger partial charge in [0.25, 0.3) is 0 Å². The standard InChI is InChI=1S/C16H13ClF4N2S/c1-9-4-12(17)2-3-14(9)23-15(24)22-8-10-5-11(16(19,20)21)7-13(18)6-10/h2-7H,8H2,1H3,(H2,22,23,24). The summed E-state index contributed by atoms with van der Waals surface area (Å²) in [6.45, 7) is 1.79. The molecule has 0 saturated heterocycles. The predicted molar refractivity (Wildman–Crippen MR) is 90.7 cm³/mol. The molecule has 0 aromatic heterocycles. The van der Waals surface area contributed by atoms with Crippen molar-refractivity contribution in [1.82, 2.24) is 5.32 Å². The first-order valence-electron chi connectivity index (χ1n) is 6.83. The van der Waals surface area contributed by atoms with Gasteiger partial charge in [0, 0.05) is 17.3 Å². The first-order valence-corrected chi connectivity index (χ1v) is 7.61. The summed E-state index contributed by atoms with van der Waals surface area (Å²) in [5.74, 6) is -0.950. The molecule has 0 unspecified atom stereocenters. The molecule has 0 atom stereocenters. The van der Waals surface area contributed by atoms with Crippen LogP contribution < -0.4 is 10.6 Å². The third-order valence-corrected chi connectivity index (χ3v) is 3.66. The molecule has 2 nitrogen and oxygen atoms in total. The number of nitrogens with one attached hydrogen (secondary N) is 2. The van der Waals surface area contributed by atoms with Crippen LogP contribution in [0.2, 0.25) is 5.02 Å². The Labute approximate surface area is 146 Å². The Morgan fingerprint density at radius 2 is 1.88 bits per heavy atom. The van der Waals surface area contributed by atoms with Crippen LogP contribution in [0.5, 0.6) is 0 Å². The molecule has 2 N–H and O–H groups in total. The molecule has 8 heteroatoms. The maximum Gasteiger partial charge on any atom is 0.416 e. The Balaban J connectivity index is 2.02. The van der Waals surface area contributed by atoms with E-state index in [0.717, 1.165) is 17.7 Å². The average molecular weight is 377 g/mol. The molecule has 128 valence electrons. The average Bonchev–Trinajstić information content (AvgIpc) is 2.47. The molecule has 0 aliphatic heterocycles. The number of halogens is 5. The smallest absolute Gasteiger partial charge is 0.358 e. The fraction of sp³-hybridized carbons (Fsp3) is 0.188. The van der Waals surface area contributed by atoms with Crippen molar-refractivity contribution in [2.24, 2.45) is 0 Å². The van der Waals surface area contributed by atoms with E-state index in [1.165, 1.54) is 0 Å². The van der Waals surface area contributed by atoms with Gasteiger partial charge in [0.1, 0.15) is 5.82 Å². The number of alkyl halides is 3. The fourth-order valence-corrected chi connectivity index (χ4v) is 2.44. The third kappa shape index (κ3) is 5.07. The van der Waals surface area contributed by atoms with E-state index in [0.29, 0.717) is 16.8 Å². The van der Waals surface area contributed by atoms with Gasteiger partial charge in [-0.2, -0.15) is 13.2 Å². The van der Waals surface area contributed by atoms with Crippen LogP contribution in [-0.2, 0) is 12.7 Å². The summed E-state index contributed by atoms with van der Waals surface area (Å²) < 4.78 is 51.4. The summed E-state index contributed by atoms with van der Waals surface area (Å²) in [7, 11) is 0. The van der Waals surface area contributed by atoms with E-state index in [1.807, 2.05) is 6.92 Å². The van der Waals surface area contributed by atoms with Gasteiger partial charge in [-0.05, 0) is 66.7 Å². The second-order valence-electron chi connectivity index (χ2n) is 5.11. The minimum atomic E-state index is -4.60. The van der Waals surface area contributed by atoms with E-state index >= 15 is 0 Å². The van der Waals surface area contributed by atoms with E-state index in [2.05, 4.69) is 10.6 Å². The SMILES string of the molecule is Cc1cc(Cl)ccc1NC(=S)NCc1cc(F)cc(C(F)(F)F)c1. The van der Waals surface area contributed by atoms with Crippen LogP contribution in [0.25, 0.3) is 0 Å². The fourth-order valence-electron chi connectivity index (χ4n) is 2.03. The van der Waals surface area contributed by atoms with Crippen LogP contribution >= 0.6 is 23.8 Å². The Morgan fingerprint density at radius 3 is 2.50 bits per heavy atom. The van der Waals surface area contributed by atoms with Gasteiger partial charge in [-0.1, -0.05) is 11.6 Å². The van der Waals surface area contributed by atoms with Crippen molar-refractivity contribution in [2.45, 2.75) is 19.6 Å². The number of hydrogen-bond donors (Lipinski definition) is 2. The first kappa shape index (κ1) is 18.5. The predicted octanol–water partition coefficient (Wildman–Crippen LogP) is 5.29. The molecule has 0 heterocycles. The maximum absolute atomic E-state index is 13.3. The van der Waals surface area contributed by atoms with E-state index in [9.17, 15) is 17.6 Å². The van der Waals surface area contributed by atoms with Crippen LogP contribution in [0.4, 0.5) is 23.2 Å². The quantitative estimate of drug-likeness (QED) is 0.562. The van der Waals surface area contributed by atoms with Crippen molar-refractivity contribution in [3.05, 3.63) is 63.9 Å². The van der Waals surface area contributed by atoms with Gasteiger partial charge in [0.2, 0.25) is 0 Å². The van der Waals surface area contributed by atoms with Gasteiger partial charge in [0.05, 0.1) is 5.56 Å². The van der Waals surface area contributed by atoms with Gasteiger partial charge >= 0.3 is 6.18 Å². The molecule has 0 spiro atoms. The van der Waals surface area contributed by atoms with Gasteiger partial charge in [0.15, 0.2) is 5.11 Å². The number of hydrogen-bond acceptors (Lipinski definition) is 1.